The normalized spacial score (nSPS) is 20.8. The lowest BCUT2D eigenvalue weighted by Crippen LogP contribution is -2.44. The van der Waals surface area contributed by atoms with E-state index < -0.39 is 0 Å². The van der Waals surface area contributed by atoms with E-state index in [0.717, 1.165) is 19.5 Å². The van der Waals surface area contributed by atoms with Gasteiger partial charge in [-0.05, 0) is 18.8 Å². The van der Waals surface area contributed by atoms with Crippen molar-refractivity contribution in [1.82, 2.24) is 10.2 Å². The number of terminal acetylenes is 1. The molecule has 0 aliphatic carbocycles. The van der Waals surface area contributed by atoms with E-state index in [-0.39, 0.29) is 19.0 Å². The molecule has 1 aliphatic rings. The van der Waals surface area contributed by atoms with Crippen LogP contribution in [0.5, 0.6) is 0 Å². The van der Waals surface area contributed by atoms with Gasteiger partial charge in [-0.25, -0.2) is 4.99 Å². The third-order valence-corrected chi connectivity index (χ3v) is 2.75. The molecule has 1 heterocycles. The highest BCUT2D eigenvalue weighted by molar-refractivity contribution is 5.84. The number of hydrogen-bond donors (Lipinski definition) is 2. The lowest BCUT2D eigenvalue weighted by molar-refractivity contribution is -0.119. The Morgan fingerprint density at radius 1 is 1.71 bits per heavy atom. The second-order valence-corrected chi connectivity index (χ2v) is 4.35. The molecule has 1 atom stereocenters. The molecule has 0 bridgehead atoms. The Balaban J connectivity index is 2.38. The fourth-order valence-electron chi connectivity index (χ4n) is 1.86. The summed E-state index contributed by atoms with van der Waals surface area (Å²) in [5.74, 6) is 3.22. The summed E-state index contributed by atoms with van der Waals surface area (Å²) in [4.78, 5) is 17.4. The molecular formula is C12H20N4O. The van der Waals surface area contributed by atoms with E-state index in [1.54, 1.807) is 0 Å². The van der Waals surface area contributed by atoms with Gasteiger partial charge in [0.1, 0.15) is 6.54 Å². The Morgan fingerprint density at radius 2 is 2.47 bits per heavy atom. The number of carbonyl (C=O) groups is 1. The SMILES string of the molecule is C#CCNC(=O)CN=C(N)N1CCCC(C)C1. The Kier molecular flexibility index (Phi) is 5.34. The summed E-state index contributed by atoms with van der Waals surface area (Å²) in [6.07, 6.45) is 7.39. The summed E-state index contributed by atoms with van der Waals surface area (Å²) in [5, 5.41) is 2.54. The van der Waals surface area contributed by atoms with Crippen molar-refractivity contribution in [2.45, 2.75) is 19.8 Å². The molecular weight excluding hydrogens is 216 g/mol. The van der Waals surface area contributed by atoms with E-state index in [9.17, 15) is 4.79 Å². The van der Waals surface area contributed by atoms with Crippen LogP contribution in [-0.2, 0) is 4.79 Å². The van der Waals surface area contributed by atoms with Crippen LogP contribution in [0.25, 0.3) is 0 Å². The largest absolute Gasteiger partial charge is 0.370 e. The van der Waals surface area contributed by atoms with E-state index in [0.29, 0.717) is 11.9 Å². The average molecular weight is 236 g/mol. The summed E-state index contributed by atoms with van der Waals surface area (Å²) in [6, 6.07) is 0. The first kappa shape index (κ1) is 13.4. The van der Waals surface area contributed by atoms with Crippen LogP contribution < -0.4 is 11.1 Å². The van der Waals surface area contributed by atoms with Crippen LogP contribution in [0.2, 0.25) is 0 Å². The fourth-order valence-corrected chi connectivity index (χ4v) is 1.86. The molecule has 0 saturated carbocycles. The molecule has 1 rings (SSSR count). The molecule has 0 aromatic rings. The third kappa shape index (κ3) is 4.77. The number of aliphatic imine (C=N–C) groups is 1. The fraction of sp³-hybridized carbons (Fsp3) is 0.667. The predicted molar refractivity (Wildman–Crippen MR) is 68.3 cm³/mol. The molecule has 3 N–H and O–H groups in total. The van der Waals surface area contributed by atoms with Crippen molar-refractivity contribution in [2.24, 2.45) is 16.6 Å². The van der Waals surface area contributed by atoms with Crippen LogP contribution in [0.4, 0.5) is 0 Å². The summed E-state index contributed by atoms with van der Waals surface area (Å²) < 4.78 is 0. The van der Waals surface area contributed by atoms with Gasteiger partial charge in [0, 0.05) is 13.1 Å². The van der Waals surface area contributed by atoms with Gasteiger partial charge < -0.3 is 16.0 Å². The van der Waals surface area contributed by atoms with E-state index in [2.05, 4.69) is 23.2 Å². The van der Waals surface area contributed by atoms with Crippen molar-refractivity contribution < 1.29 is 4.79 Å². The highest BCUT2D eigenvalue weighted by Gasteiger charge is 2.17. The number of piperidine rings is 1. The van der Waals surface area contributed by atoms with Crippen LogP contribution in [0, 0.1) is 18.3 Å². The number of rotatable bonds is 3. The van der Waals surface area contributed by atoms with Crippen LogP contribution in [-0.4, -0.2) is 42.9 Å². The molecule has 1 aliphatic heterocycles. The van der Waals surface area contributed by atoms with E-state index >= 15 is 0 Å². The topological polar surface area (TPSA) is 70.7 Å². The maximum atomic E-state index is 11.3. The Labute approximate surface area is 102 Å². The molecule has 1 saturated heterocycles. The van der Waals surface area contributed by atoms with Gasteiger partial charge in [0.15, 0.2) is 5.96 Å². The molecule has 1 fully saturated rings. The highest BCUT2D eigenvalue weighted by atomic mass is 16.1. The van der Waals surface area contributed by atoms with Gasteiger partial charge in [-0.2, -0.15) is 0 Å². The number of hydrogen-bond acceptors (Lipinski definition) is 2. The zero-order chi connectivity index (χ0) is 12.7. The number of guanidine groups is 1. The number of amides is 1. The number of carbonyl (C=O) groups excluding carboxylic acids is 1. The second kappa shape index (κ2) is 6.79. The van der Waals surface area contributed by atoms with Crippen LogP contribution in [0.1, 0.15) is 19.8 Å². The number of likely N-dealkylation sites (tertiary alicyclic amines) is 1. The van der Waals surface area contributed by atoms with Crippen LogP contribution >= 0.6 is 0 Å². The zero-order valence-electron chi connectivity index (χ0n) is 10.3. The molecule has 0 aromatic heterocycles. The second-order valence-electron chi connectivity index (χ2n) is 4.35. The highest BCUT2D eigenvalue weighted by Crippen LogP contribution is 2.14. The van der Waals surface area contributed by atoms with Crippen molar-refractivity contribution in [1.29, 1.82) is 0 Å². The van der Waals surface area contributed by atoms with Crippen LogP contribution in [0.3, 0.4) is 0 Å². The van der Waals surface area contributed by atoms with E-state index in [1.807, 2.05) is 4.90 Å². The first-order valence-electron chi connectivity index (χ1n) is 5.88. The van der Waals surface area contributed by atoms with Gasteiger partial charge in [0.2, 0.25) is 5.91 Å². The predicted octanol–water partition coefficient (Wildman–Crippen LogP) is -0.218. The molecule has 17 heavy (non-hydrogen) atoms. The first-order chi connectivity index (χ1) is 8.13. The Hall–Kier alpha value is -1.70. The maximum Gasteiger partial charge on any atom is 0.242 e. The van der Waals surface area contributed by atoms with Crippen molar-refractivity contribution in [3.05, 3.63) is 0 Å². The molecule has 0 radical (unpaired) electrons. The number of nitrogens with two attached hydrogens (primary N) is 1. The molecule has 0 aromatic carbocycles. The third-order valence-electron chi connectivity index (χ3n) is 2.75. The van der Waals surface area contributed by atoms with E-state index in [1.165, 1.54) is 6.42 Å². The lowest BCUT2D eigenvalue weighted by atomic mass is 10.0. The Morgan fingerprint density at radius 3 is 3.12 bits per heavy atom. The lowest BCUT2D eigenvalue weighted by Gasteiger charge is -2.31. The quantitative estimate of drug-likeness (QED) is 0.404. The van der Waals surface area contributed by atoms with Gasteiger partial charge in [-0.1, -0.05) is 12.8 Å². The molecule has 1 unspecified atom stereocenters. The summed E-state index contributed by atoms with van der Waals surface area (Å²) in [5.41, 5.74) is 5.84. The molecule has 5 nitrogen and oxygen atoms in total. The van der Waals surface area contributed by atoms with Crippen molar-refractivity contribution in [2.75, 3.05) is 26.2 Å². The Bertz CT molecular complexity index is 332. The summed E-state index contributed by atoms with van der Waals surface area (Å²) in [7, 11) is 0. The van der Waals surface area contributed by atoms with Gasteiger partial charge in [-0.15, -0.1) is 6.42 Å². The van der Waals surface area contributed by atoms with Crippen LogP contribution in [0.15, 0.2) is 4.99 Å². The standard InChI is InChI=1S/C12H20N4O/c1-3-6-14-11(17)8-15-12(13)16-7-4-5-10(2)9-16/h1,10H,4-9H2,2H3,(H2,13,15)(H,14,17). The van der Waals surface area contributed by atoms with Gasteiger partial charge >= 0.3 is 0 Å². The van der Waals surface area contributed by atoms with Gasteiger partial charge in [0.05, 0.1) is 6.54 Å². The molecule has 0 spiro atoms. The zero-order valence-corrected chi connectivity index (χ0v) is 10.3. The minimum Gasteiger partial charge on any atom is -0.370 e. The van der Waals surface area contributed by atoms with E-state index in [4.69, 9.17) is 12.2 Å². The van der Waals surface area contributed by atoms with Crippen molar-refractivity contribution in [3.63, 3.8) is 0 Å². The monoisotopic (exact) mass is 236 g/mol. The molecule has 1 amide bonds. The molecule has 5 heteroatoms. The average Bonchev–Trinajstić information content (AvgIpc) is 2.33. The van der Waals surface area contributed by atoms with Crippen molar-refractivity contribution >= 4 is 11.9 Å². The summed E-state index contributed by atoms with van der Waals surface area (Å²) >= 11 is 0. The van der Waals surface area contributed by atoms with Crippen molar-refractivity contribution in [3.8, 4) is 12.3 Å². The minimum atomic E-state index is -0.198. The van der Waals surface area contributed by atoms with Gasteiger partial charge in [-0.3, -0.25) is 4.79 Å². The smallest absolute Gasteiger partial charge is 0.242 e. The summed E-state index contributed by atoms with van der Waals surface area (Å²) in [6.45, 7) is 4.30. The molecule has 94 valence electrons. The number of nitrogens with one attached hydrogen (secondary N) is 1. The maximum absolute atomic E-state index is 11.3. The number of nitrogens with zero attached hydrogens (tertiary/aromatic N) is 2. The first-order valence-corrected chi connectivity index (χ1v) is 5.88. The minimum absolute atomic E-state index is 0.0401. The van der Waals surface area contributed by atoms with Gasteiger partial charge in [0.25, 0.3) is 0 Å².